The highest BCUT2D eigenvalue weighted by Gasteiger charge is 2.20. The fraction of sp³-hybridized carbons (Fsp3) is 0.280. The van der Waals surface area contributed by atoms with Crippen molar-refractivity contribution in [2.75, 3.05) is 25.5 Å². The number of hydrogen-bond donors (Lipinski definition) is 1. The molecule has 1 fully saturated rings. The highest BCUT2D eigenvalue weighted by molar-refractivity contribution is 5.98. The number of carbonyl (C=O) groups is 2. The van der Waals surface area contributed by atoms with Crippen LogP contribution in [0.15, 0.2) is 60.7 Å². The summed E-state index contributed by atoms with van der Waals surface area (Å²) in [6.07, 6.45) is 2.14. The SMILES string of the molecule is COc1ccc2cc([C@H](C)C(=O)Nc3ccc(C(=O)N4CCCC4)cc3)ccc2c1. The first-order valence-corrected chi connectivity index (χ1v) is 10.3. The number of methoxy groups -OCH3 is 1. The highest BCUT2D eigenvalue weighted by Crippen LogP contribution is 2.26. The number of rotatable bonds is 5. The van der Waals surface area contributed by atoms with Gasteiger partial charge in [0.2, 0.25) is 5.91 Å². The van der Waals surface area contributed by atoms with Crippen molar-refractivity contribution in [3.8, 4) is 5.75 Å². The maximum Gasteiger partial charge on any atom is 0.253 e. The molecule has 5 heteroatoms. The van der Waals surface area contributed by atoms with Gasteiger partial charge in [-0.3, -0.25) is 9.59 Å². The van der Waals surface area contributed by atoms with Crippen molar-refractivity contribution in [3.05, 3.63) is 71.8 Å². The van der Waals surface area contributed by atoms with Gasteiger partial charge in [0.05, 0.1) is 13.0 Å². The molecule has 1 N–H and O–H groups in total. The van der Waals surface area contributed by atoms with Gasteiger partial charge in [0.25, 0.3) is 5.91 Å². The molecule has 0 spiro atoms. The van der Waals surface area contributed by atoms with Gasteiger partial charge in [-0.1, -0.05) is 24.3 Å². The number of nitrogens with zero attached hydrogens (tertiary/aromatic N) is 1. The Balaban J connectivity index is 1.44. The van der Waals surface area contributed by atoms with Gasteiger partial charge in [-0.2, -0.15) is 0 Å². The summed E-state index contributed by atoms with van der Waals surface area (Å²) in [5, 5.41) is 5.10. The van der Waals surface area contributed by atoms with Gasteiger partial charge in [-0.15, -0.1) is 0 Å². The average Bonchev–Trinajstić information content (AvgIpc) is 3.33. The highest BCUT2D eigenvalue weighted by atomic mass is 16.5. The van der Waals surface area contributed by atoms with Crippen LogP contribution in [0, 0.1) is 0 Å². The van der Waals surface area contributed by atoms with E-state index in [1.807, 2.05) is 48.2 Å². The molecule has 5 nitrogen and oxygen atoms in total. The molecule has 1 aliphatic rings. The van der Waals surface area contributed by atoms with Crippen molar-refractivity contribution in [3.63, 3.8) is 0 Å². The van der Waals surface area contributed by atoms with Crippen molar-refractivity contribution in [1.82, 2.24) is 4.90 Å². The number of anilines is 1. The van der Waals surface area contributed by atoms with Crippen molar-refractivity contribution < 1.29 is 14.3 Å². The van der Waals surface area contributed by atoms with Crippen molar-refractivity contribution >= 4 is 28.3 Å². The number of benzene rings is 3. The van der Waals surface area contributed by atoms with E-state index >= 15 is 0 Å². The molecule has 1 heterocycles. The fourth-order valence-electron chi connectivity index (χ4n) is 3.84. The lowest BCUT2D eigenvalue weighted by Crippen LogP contribution is -2.27. The molecule has 3 aromatic rings. The van der Waals surface area contributed by atoms with E-state index in [0.717, 1.165) is 48.0 Å². The minimum Gasteiger partial charge on any atom is -0.497 e. The topological polar surface area (TPSA) is 58.6 Å². The molecule has 0 unspecified atom stereocenters. The molecule has 0 aromatic heterocycles. The standard InChI is InChI=1S/C25H26N2O3/c1-17(19-5-6-21-16-23(30-2)12-9-20(21)15-19)24(28)26-22-10-7-18(8-11-22)25(29)27-13-3-4-14-27/h5-12,15-17H,3-4,13-14H2,1-2H3,(H,26,28)/t17-/m0/s1. The van der Waals surface area contributed by atoms with E-state index in [2.05, 4.69) is 5.32 Å². The molecule has 3 aromatic carbocycles. The van der Waals surface area contributed by atoms with Crippen LogP contribution >= 0.6 is 0 Å². The van der Waals surface area contributed by atoms with E-state index in [1.165, 1.54) is 0 Å². The van der Waals surface area contributed by atoms with Crippen molar-refractivity contribution in [2.45, 2.75) is 25.7 Å². The third kappa shape index (κ3) is 4.15. The summed E-state index contributed by atoms with van der Waals surface area (Å²) in [5.41, 5.74) is 2.30. The van der Waals surface area contributed by atoms with Crippen LogP contribution < -0.4 is 10.1 Å². The molecule has 0 bridgehead atoms. The Morgan fingerprint density at radius 3 is 2.30 bits per heavy atom. The van der Waals surface area contributed by atoms with E-state index < -0.39 is 0 Å². The van der Waals surface area contributed by atoms with E-state index in [1.54, 1.807) is 31.4 Å². The molecule has 2 amide bonds. The number of ether oxygens (including phenoxy) is 1. The van der Waals surface area contributed by atoms with Crippen LogP contribution in [0.5, 0.6) is 5.75 Å². The van der Waals surface area contributed by atoms with E-state index in [-0.39, 0.29) is 17.7 Å². The molecule has 4 rings (SSSR count). The lowest BCUT2D eigenvalue weighted by atomic mass is 9.97. The van der Waals surface area contributed by atoms with Gasteiger partial charge in [0.1, 0.15) is 5.75 Å². The predicted molar refractivity (Wildman–Crippen MR) is 119 cm³/mol. The summed E-state index contributed by atoms with van der Waals surface area (Å²) < 4.78 is 5.27. The zero-order chi connectivity index (χ0) is 21.1. The van der Waals surface area contributed by atoms with Crippen LogP contribution in [0.3, 0.4) is 0 Å². The quantitative estimate of drug-likeness (QED) is 0.665. The van der Waals surface area contributed by atoms with Crippen molar-refractivity contribution in [2.24, 2.45) is 0 Å². The minimum absolute atomic E-state index is 0.0616. The average molecular weight is 402 g/mol. The molecule has 0 aliphatic carbocycles. The van der Waals surface area contributed by atoms with Gasteiger partial charge >= 0.3 is 0 Å². The maximum absolute atomic E-state index is 12.8. The number of likely N-dealkylation sites (tertiary alicyclic amines) is 1. The second kappa shape index (κ2) is 8.57. The normalized spacial score (nSPS) is 14.5. The lowest BCUT2D eigenvalue weighted by molar-refractivity contribution is -0.117. The van der Waals surface area contributed by atoms with Gasteiger partial charge in [-0.05, 0) is 72.5 Å². The third-order valence-corrected chi connectivity index (χ3v) is 5.76. The fourth-order valence-corrected chi connectivity index (χ4v) is 3.84. The Morgan fingerprint density at radius 1 is 0.933 bits per heavy atom. The molecule has 30 heavy (non-hydrogen) atoms. The van der Waals surface area contributed by atoms with Crippen LogP contribution in [-0.4, -0.2) is 36.9 Å². The first kappa shape index (κ1) is 20.0. The van der Waals surface area contributed by atoms with Crippen molar-refractivity contribution in [1.29, 1.82) is 0 Å². The molecule has 154 valence electrons. The summed E-state index contributed by atoms with van der Waals surface area (Å²) in [6, 6.07) is 19.1. The minimum atomic E-state index is -0.303. The predicted octanol–water partition coefficient (Wildman–Crippen LogP) is 4.83. The summed E-state index contributed by atoms with van der Waals surface area (Å²) >= 11 is 0. The lowest BCUT2D eigenvalue weighted by Gasteiger charge is -2.16. The van der Waals surface area contributed by atoms with Crippen LogP contribution in [0.4, 0.5) is 5.69 Å². The first-order chi connectivity index (χ1) is 14.5. The van der Waals surface area contributed by atoms with Gasteiger partial charge in [0, 0.05) is 24.3 Å². The number of fused-ring (bicyclic) bond motifs is 1. The van der Waals surface area contributed by atoms with Gasteiger partial charge < -0.3 is 15.0 Å². The van der Waals surface area contributed by atoms with Crippen LogP contribution in [-0.2, 0) is 4.79 Å². The summed E-state index contributed by atoms with van der Waals surface area (Å²) in [4.78, 5) is 27.1. The number of amides is 2. The zero-order valence-corrected chi connectivity index (χ0v) is 17.4. The van der Waals surface area contributed by atoms with E-state index in [9.17, 15) is 9.59 Å². The Kier molecular flexibility index (Phi) is 5.70. The number of nitrogens with one attached hydrogen (secondary N) is 1. The van der Waals surface area contributed by atoms with Gasteiger partial charge in [0.15, 0.2) is 0 Å². The first-order valence-electron chi connectivity index (χ1n) is 10.3. The molecular weight excluding hydrogens is 376 g/mol. The van der Waals surface area contributed by atoms with Crippen LogP contribution in [0.2, 0.25) is 0 Å². The monoisotopic (exact) mass is 402 g/mol. The Hall–Kier alpha value is -3.34. The Bertz CT molecular complexity index is 1070. The largest absolute Gasteiger partial charge is 0.497 e. The zero-order valence-electron chi connectivity index (χ0n) is 17.4. The third-order valence-electron chi connectivity index (χ3n) is 5.76. The smallest absolute Gasteiger partial charge is 0.253 e. The number of hydrogen-bond acceptors (Lipinski definition) is 3. The summed E-state index contributed by atoms with van der Waals surface area (Å²) in [5.74, 6) is 0.489. The molecule has 0 saturated carbocycles. The van der Waals surface area contributed by atoms with E-state index in [4.69, 9.17) is 4.74 Å². The second-order valence-electron chi connectivity index (χ2n) is 7.76. The summed E-state index contributed by atoms with van der Waals surface area (Å²) in [6.45, 7) is 3.55. The maximum atomic E-state index is 12.8. The van der Waals surface area contributed by atoms with E-state index in [0.29, 0.717) is 11.3 Å². The molecule has 1 atom stereocenters. The molecular formula is C25H26N2O3. The molecule has 0 radical (unpaired) electrons. The Morgan fingerprint density at radius 2 is 1.60 bits per heavy atom. The molecule has 1 saturated heterocycles. The Labute approximate surface area is 176 Å². The van der Waals surface area contributed by atoms with Gasteiger partial charge in [-0.25, -0.2) is 0 Å². The number of carbonyl (C=O) groups excluding carboxylic acids is 2. The molecule has 1 aliphatic heterocycles. The van der Waals surface area contributed by atoms with Crippen LogP contribution in [0.1, 0.15) is 41.6 Å². The second-order valence-corrected chi connectivity index (χ2v) is 7.76. The summed E-state index contributed by atoms with van der Waals surface area (Å²) in [7, 11) is 1.65. The van der Waals surface area contributed by atoms with Crippen LogP contribution in [0.25, 0.3) is 10.8 Å².